The fraction of sp³-hybridized carbons (Fsp3) is 0.357. The average molecular weight is 494 g/mol. The zero-order valence-electron chi connectivity index (χ0n) is 19.7. The predicted octanol–water partition coefficient (Wildman–Crippen LogP) is 5.84. The van der Waals surface area contributed by atoms with E-state index in [0.29, 0.717) is 12.0 Å². The Bertz CT molecular complexity index is 1280. The van der Waals surface area contributed by atoms with Gasteiger partial charge in [-0.15, -0.1) is 11.3 Å². The molecule has 2 fully saturated rings. The minimum atomic E-state index is -0.709. The Hall–Kier alpha value is -3.19. The largest absolute Gasteiger partial charge is 0.508 e. The van der Waals surface area contributed by atoms with E-state index in [1.54, 1.807) is 11.3 Å². The molecular weight excluding hydrogens is 465 g/mol. The van der Waals surface area contributed by atoms with Gasteiger partial charge < -0.3 is 15.5 Å². The van der Waals surface area contributed by atoms with Crippen molar-refractivity contribution in [2.45, 2.75) is 52.0 Å². The van der Waals surface area contributed by atoms with Crippen LogP contribution in [0.3, 0.4) is 0 Å². The van der Waals surface area contributed by atoms with E-state index < -0.39 is 11.8 Å². The first-order chi connectivity index (χ1) is 16.6. The summed E-state index contributed by atoms with van der Waals surface area (Å²) in [5, 5.41) is 22.0. The van der Waals surface area contributed by atoms with E-state index in [4.69, 9.17) is 5.11 Å². The van der Waals surface area contributed by atoms with Gasteiger partial charge in [0.2, 0.25) is 0 Å². The van der Waals surface area contributed by atoms with Gasteiger partial charge in [0.1, 0.15) is 11.6 Å². The summed E-state index contributed by atoms with van der Waals surface area (Å²) in [5.74, 6) is -1.58. The standard InChI is InChI=1S/C28H28FNO4S/c1-15-24(7-17-3-5-18(6-4-17)19-8-21(29)10-23(31)9-19)25(16(2)35-15)26(32)30-22-13-28(14-22)11-20(12-28)27(33)34/h3-6,8-10,20,22,31H,7,11-14H2,1-2H3,(H,30,32)(H,33,34). The van der Waals surface area contributed by atoms with Gasteiger partial charge in [0, 0.05) is 21.9 Å². The third-order valence-corrected chi connectivity index (χ3v) is 8.63. The van der Waals surface area contributed by atoms with E-state index in [1.807, 2.05) is 38.1 Å². The molecule has 0 bridgehead atoms. The first-order valence-electron chi connectivity index (χ1n) is 11.8. The first-order valence-corrected chi connectivity index (χ1v) is 12.7. The fourth-order valence-corrected chi connectivity index (χ4v) is 6.91. The molecule has 35 heavy (non-hydrogen) atoms. The van der Waals surface area contributed by atoms with Crippen molar-refractivity contribution < 1.29 is 24.2 Å². The van der Waals surface area contributed by atoms with Crippen molar-refractivity contribution >= 4 is 23.2 Å². The number of carboxylic acids is 1. The van der Waals surface area contributed by atoms with Gasteiger partial charge in [-0.1, -0.05) is 24.3 Å². The van der Waals surface area contributed by atoms with Crippen LogP contribution in [0.2, 0.25) is 0 Å². The topological polar surface area (TPSA) is 86.6 Å². The third-order valence-electron chi connectivity index (χ3n) is 7.56. The minimum absolute atomic E-state index is 0.0531. The summed E-state index contributed by atoms with van der Waals surface area (Å²) in [4.78, 5) is 26.4. The van der Waals surface area contributed by atoms with Gasteiger partial charge in [-0.25, -0.2) is 4.39 Å². The molecule has 1 aromatic heterocycles. The SMILES string of the molecule is Cc1sc(C)c(C(=O)NC2CC3(C2)CC(C(=O)O)C3)c1Cc1ccc(-c2cc(O)cc(F)c2)cc1. The van der Waals surface area contributed by atoms with E-state index in [1.165, 1.54) is 12.1 Å². The number of aryl methyl sites for hydroxylation is 2. The lowest BCUT2D eigenvalue weighted by Crippen LogP contribution is -2.57. The second-order valence-corrected chi connectivity index (χ2v) is 11.6. The van der Waals surface area contributed by atoms with Crippen LogP contribution in [-0.2, 0) is 11.2 Å². The van der Waals surface area contributed by atoms with Gasteiger partial charge in [0.05, 0.1) is 11.5 Å². The molecule has 0 radical (unpaired) electrons. The Labute approximate surface area is 207 Å². The highest BCUT2D eigenvalue weighted by atomic mass is 32.1. The molecule has 3 aromatic rings. The van der Waals surface area contributed by atoms with E-state index >= 15 is 0 Å². The molecule has 2 aliphatic rings. The second kappa shape index (κ2) is 8.79. The van der Waals surface area contributed by atoms with Gasteiger partial charge in [0.25, 0.3) is 5.91 Å². The number of hydrogen-bond acceptors (Lipinski definition) is 4. The molecule has 1 amide bonds. The van der Waals surface area contributed by atoms with Crippen LogP contribution in [0.5, 0.6) is 5.75 Å². The lowest BCUT2D eigenvalue weighted by molar-refractivity contribution is -0.155. The molecule has 3 N–H and O–H groups in total. The van der Waals surface area contributed by atoms with Gasteiger partial charge >= 0.3 is 5.97 Å². The molecule has 2 aliphatic carbocycles. The second-order valence-electron chi connectivity index (χ2n) is 10.2. The van der Waals surface area contributed by atoms with Crippen LogP contribution in [0, 0.1) is 31.0 Å². The molecule has 5 nitrogen and oxygen atoms in total. The van der Waals surface area contributed by atoms with Crippen molar-refractivity contribution in [2.24, 2.45) is 11.3 Å². The quantitative estimate of drug-likeness (QED) is 0.403. The highest BCUT2D eigenvalue weighted by molar-refractivity contribution is 7.12. The number of rotatable bonds is 6. The summed E-state index contributed by atoms with van der Waals surface area (Å²) < 4.78 is 13.7. The van der Waals surface area contributed by atoms with Gasteiger partial charge in [-0.3, -0.25) is 9.59 Å². The summed E-state index contributed by atoms with van der Waals surface area (Å²) in [5.41, 5.74) is 4.33. The lowest BCUT2D eigenvalue weighted by Gasteiger charge is -2.56. The molecule has 0 aliphatic heterocycles. The molecule has 182 valence electrons. The van der Waals surface area contributed by atoms with Crippen molar-refractivity contribution in [1.29, 1.82) is 0 Å². The van der Waals surface area contributed by atoms with Crippen LogP contribution in [0.25, 0.3) is 11.1 Å². The number of benzene rings is 2. The van der Waals surface area contributed by atoms with Crippen LogP contribution in [-0.4, -0.2) is 28.1 Å². The van der Waals surface area contributed by atoms with Crippen molar-refractivity contribution in [3.63, 3.8) is 0 Å². The Kier molecular flexibility index (Phi) is 5.91. The normalized spacial score (nSPS) is 22.9. The van der Waals surface area contributed by atoms with Crippen LogP contribution in [0.1, 0.15) is 56.9 Å². The number of nitrogens with one attached hydrogen (secondary N) is 1. The minimum Gasteiger partial charge on any atom is -0.508 e. The summed E-state index contributed by atoms with van der Waals surface area (Å²) in [6.45, 7) is 4.01. The van der Waals surface area contributed by atoms with Crippen molar-refractivity contribution in [2.75, 3.05) is 0 Å². The molecule has 7 heteroatoms. The number of halogens is 1. The fourth-order valence-electron chi connectivity index (χ4n) is 5.84. The van der Waals surface area contributed by atoms with Crippen molar-refractivity contribution in [3.05, 3.63) is 74.7 Å². The maximum absolute atomic E-state index is 13.7. The molecule has 0 unspecified atom stereocenters. The highest BCUT2D eigenvalue weighted by Gasteiger charge is 2.55. The van der Waals surface area contributed by atoms with Gasteiger partial charge in [-0.05, 0) is 85.8 Å². The van der Waals surface area contributed by atoms with Gasteiger partial charge in [-0.2, -0.15) is 0 Å². The van der Waals surface area contributed by atoms with Gasteiger partial charge in [0.15, 0.2) is 0 Å². The molecule has 2 saturated carbocycles. The van der Waals surface area contributed by atoms with Crippen molar-refractivity contribution in [1.82, 2.24) is 5.32 Å². The summed E-state index contributed by atoms with van der Waals surface area (Å²) in [7, 11) is 0. The smallest absolute Gasteiger partial charge is 0.306 e. The number of carboxylic acid groups (broad SMARTS) is 1. The number of aromatic hydroxyl groups is 1. The molecule has 0 atom stereocenters. The number of hydrogen-bond donors (Lipinski definition) is 3. The Morgan fingerprint density at radius 2 is 1.71 bits per heavy atom. The third kappa shape index (κ3) is 4.57. The number of thiophene rings is 1. The van der Waals surface area contributed by atoms with E-state index in [0.717, 1.165) is 63.8 Å². The number of phenols is 1. The maximum atomic E-state index is 13.7. The van der Waals surface area contributed by atoms with E-state index in [-0.39, 0.29) is 29.0 Å². The molecule has 2 aromatic carbocycles. The lowest BCUT2D eigenvalue weighted by atomic mass is 9.50. The van der Waals surface area contributed by atoms with E-state index in [2.05, 4.69) is 5.32 Å². The van der Waals surface area contributed by atoms with Crippen LogP contribution >= 0.6 is 11.3 Å². The molecule has 0 saturated heterocycles. The summed E-state index contributed by atoms with van der Waals surface area (Å²) in [6, 6.07) is 11.8. The molecular formula is C28H28FNO4S. The summed E-state index contributed by atoms with van der Waals surface area (Å²) >= 11 is 1.62. The monoisotopic (exact) mass is 493 g/mol. The number of amides is 1. The molecule has 5 rings (SSSR count). The van der Waals surface area contributed by atoms with Crippen LogP contribution < -0.4 is 5.32 Å². The Balaban J connectivity index is 1.27. The number of phenolic OH excluding ortho intramolecular Hbond substituents is 1. The maximum Gasteiger partial charge on any atom is 0.306 e. The highest BCUT2D eigenvalue weighted by Crippen LogP contribution is 2.58. The Morgan fingerprint density at radius 3 is 2.34 bits per heavy atom. The average Bonchev–Trinajstić information content (AvgIpc) is 3.01. The first kappa shape index (κ1) is 23.5. The zero-order chi connectivity index (χ0) is 24.9. The summed E-state index contributed by atoms with van der Waals surface area (Å²) in [6.07, 6.45) is 3.78. The number of carbonyl (C=O) groups is 2. The molecule has 1 spiro atoms. The van der Waals surface area contributed by atoms with Crippen LogP contribution in [0.4, 0.5) is 4.39 Å². The van der Waals surface area contributed by atoms with Crippen molar-refractivity contribution in [3.8, 4) is 16.9 Å². The Morgan fingerprint density at radius 1 is 1.03 bits per heavy atom. The van der Waals surface area contributed by atoms with E-state index in [9.17, 15) is 19.1 Å². The number of aliphatic carboxylic acids is 1. The van der Waals surface area contributed by atoms with Crippen LogP contribution in [0.15, 0.2) is 42.5 Å². The number of carbonyl (C=O) groups excluding carboxylic acids is 1. The molecule has 1 heterocycles. The zero-order valence-corrected chi connectivity index (χ0v) is 20.5. The predicted molar refractivity (Wildman–Crippen MR) is 133 cm³/mol.